The predicted molar refractivity (Wildman–Crippen MR) is 61.3 cm³/mol. The van der Waals surface area contributed by atoms with Gasteiger partial charge in [0.25, 0.3) is 0 Å². The minimum absolute atomic E-state index is 0.121. The van der Waals surface area contributed by atoms with Crippen LogP contribution in [0.1, 0.15) is 17.5 Å². The Morgan fingerprint density at radius 2 is 1.89 bits per heavy atom. The SMILES string of the molecule is CN(CCC(F)(F)F)Cc1cc(F)ccc1CN. The first-order chi connectivity index (χ1) is 8.31. The Morgan fingerprint density at radius 3 is 2.44 bits per heavy atom. The van der Waals surface area contributed by atoms with Gasteiger partial charge < -0.3 is 10.6 Å². The molecule has 0 spiro atoms. The zero-order valence-corrected chi connectivity index (χ0v) is 10.1. The zero-order valence-electron chi connectivity index (χ0n) is 10.1. The number of halogens is 4. The molecule has 0 heterocycles. The van der Waals surface area contributed by atoms with E-state index in [0.717, 1.165) is 5.56 Å². The van der Waals surface area contributed by atoms with Gasteiger partial charge in [-0.2, -0.15) is 13.2 Å². The van der Waals surface area contributed by atoms with Crippen LogP contribution < -0.4 is 5.73 Å². The van der Waals surface area contributed by atoms with Gasteiger partial charge in [-0.15, -0.1) is 0 Å². The fourth-order valence-electron chi connectivity index (χ4n) is 1.63. The van der Waals surface area contributed by atoms with Crippen molar-refractivity contribution in [3.8, 4) is 0 Å². The Hall–Kier alpha value is -1.14. The molecule has 2 nitrogen and oxygen atoms in total. The second-order valence-electron chi connectivity index (χ2n) is 4.22. The summed E-state index contributed by atoms with van der Waals surface area (Å²) in [5.41, 5.74) is 6.87. The number of rotatable bonds is 5. The molecule has 6 heteroatoms. The van der Waals surface area contributed by atoms with Crippen LogP contribution >= 0.6 is 0 Å². The van der Waals surface area contributed by atoms with Crippen LogP contribution in [0.15, 0.2) is 18.2 Å². The number of hydrogen-bond donors (Lipinski definition) is 1. The fraction of sp³-hybridized carbons (Fsp3) is 0.500. The van der Waals surface area contributed by atoms with E-state index in [1.807, 2.05) is 0 Å². The van der Waals surface area contributed by atoms with E-state index < -0.39 is 18.4 Å². The van der Waals surface area contributed by atoms with Crippen molar-refractivity contribution < 1.29 is 17.6 Å². The number of nitrogens with zero attached hydrogens (tertiary/aromatic N) is 1. The summed E-state index contributed by atoms with van der Waals surface area (Å²) < 4.78 is 49.2. The third kappa shape index (κ3) is 5.01. The second-order valence-corrected chi connectivity index (χ2v) is 4.22. The van der Waals surface area contributed by atoms with Gasteiger partial charge in [-0.25, -0.2) is 4.39 Å². The Labute approximate surface area is 103 Å². The largest absolute Gasteiger partial charge is 0.390 e. The van der Waals surface area contributed by atoms with Crippen molar-refractivity contribution in [3.05, 3.63) is 35.1 Å². The smallest absolute Gasteiger partial charge is 0.326 e. The van der Waals surface area contributed by atoms with Crippen molar-refractivity contribution in [2.45, 2.75) is 25.7 Å². The molecule has 0 atom stereocenters. The molecule has 0 unspecified atom stereocenters. The average Bonchev–Trinajstić information content (AvgIpc) is 2.26. The van der Waals surface area contributed by atoms with Gasteiger partial charge in [0.15, 0.2) is 0 Å². The van der Waals surface area contributed by atoms with Gasteiger partial charge in [0, 0.05) is 19.6 Å². The normalized spacial score (nSPS) is 12.2. The number of hydrogen-bond acceptors (Lipinski definition) is 2. The van der Waals surface area contributed by atoms with Crippen molar-refractivity contribution in [3.63, 3.8) is 0 Å². The van der Waals surface area contributed by atoms with Crippen LogP contribution in [0.2, 0.25) is 0 Å². The third-order valence-corrected chi connectivity index (χ3v) is 2.61. The summed E-state index contributed by atoms with van der Waals surface area (Å²) in [6, 6.07) is 4.16. The summed E-state index contributed by atoms with van der Waals surface area (Å²) in [5.74, 6) is -0.411. The molecule has 0 aliphatic carbocycles. The lowest BCUT2D eigenvalue weighted by Gasteiger charge is -2.19. The molecule has 1 aromatic rings. The van der Waals surface area contributed by atoms with E-state index in [4.69, 9.17) is 5.73 Å². The lowest BCUT2D eigenvalue weighted by Crippen LogP contribution is -2.24. The quantitative estimate of drug-likeness (QED) is 0.828. The standard InChI is InChI=1S/C12H16F4N2/c1-18(5-4-12(14,15)16)8-10-6-11(13)3-2-9(10)7-17/h2-3,6H,4-5,7-8,17H2,1H3. The van der Waals surface area contributed by atoms with Gasteiger partial charge >= 0.3 is 6.18 Å². The average molecular weight is 264 g/mol. The van der Waals surface area contributed by atoms with Crippen molar-refractivity contribution in [2.75, 3.05) is 13.6 Å². The van der Waals surface area contributed by atoms with E-state index in [2.05, 4.69) is 0 Å². The summed E-state index contributed by atoms with van der Waals surface area (Å²) in [5, 5.41) is 0. The van der Waals surface area contributed by atoms with Gasteiger partial charge in [0.1, 0.15) is 5.82 Å². The van der Waals surface area contributed by atoms with Crippen LogP contribution in [-0.4, -0.2) is 24.7 Å². The first-order valence-electron chi connectivity index (χ1n) is 5.54. The first-order valence-corrected chi connectivity index (χ1v) is 5.54. The second kappa shape index (κ2) is 6.15. The molecule has 0 saturated carbocycles. The predicted octanol–water partition coefficient (Wildman–Crippen LogP) is 2.67. The molecule has 0 fully saturated rings. The highest BCUT2D eigenvalue weighted by atomic mass is 19.4. The monoisotopic (exact) mass is 264 g/mol. The maximum Gasteiger partial charge on any atom is 0.390 e. The molecule has 0 radical (unpaired) electrons. The molecule has 0 aromatic heterocycles. The highest BCUT2D eigenvalue weighted by molar-refractivity contribution is 5.27. The van der Waals surface area contributed by atoms with Crippen molar-refractivity contribution >= 4 is 0 Å². The molecular formula is C12H16F4N2. The highest BCUT2D eigenvalue weighted by Crippen LogP contribution is 2.20. The van der Waals surface area contributed by atoms with Crippen molar-refractivity contribution in [1.82, 2.24) is 4.90 Å². The molecule has 1 rings (SSSR count). The number of alkyl halides is 3. The Bertz CT molecular complexity index is 390. The van der Waals surface area contributed by atoms with Crippen molar-refractivity contribution in [2.24, 2.45) is 5.73 Å². The third-order valence-electron chi connectivity index (χ3n) is 2.61. The van der Waals surface area contributed by atoms with Gasteiger partial charge in [0.05, 0.1) is 6.42 Å². The molecule has 18 heavy (non-hydrogen) atoms. The Balaban J connectivity index is 2.63. The molecule has 0 bridgehead atoms. The number of benzene rings is 1. The summed E-state index contributed by atoms with van der Waals surface area (Å²) in [7, 11) is 1.57. The van der Waals surface area contributed by atoms with Gasteiger partial charge in [-0.3, -0.25) is 0 Å². The minimum Gasteiger partial charge on any atom is -0.326 e. The van der Waals surface area contributed by atoms with E-state index in [-0.39, 0.29) is 19.6 Å². The van der Waals surface area contributed by atoms with Crippen LogP contribution in [-0.2, 0) is 13.1 Å². The highest BCUT2D eigenvalue weighted by Gasteiger charge is 2.27. The van der Waals surface area contributed by atoms with E-state index >= 15 is 0 Å². The van der Waals surface area contributed by atoms with Gasteiger partial charge in [-0.1, -0.05) is 6.07 Å². The topological polar surface area (TPSA) is 29.3 Å². The lowest BCUT2D eigenvalue weighted by atomic mass is 10.1. The van der Waals surface area contributed by atoms with E-state index in [9.17, 15) is 17.6 Å². The van der Waals surface area contributed by atoms with Gasteiger partial charge in [-0.05, 0) is 30.3 Å². The number of nitrogens with two attached hydrogens (primary N) is 1. The summed E-state index contributed by atoms with van der Waals surface area (Å²) in [6.45, 7) is 0.368. The maximum atomic E-state index is 13.1. The maximum absolute atomic E-state index is 13.1. The molecule has 0 saturated heterocycles. The van der Waals surface area contributed by atoms with Crippen LogP contribution in [0.25, 0.3) is 0 Å². The van der Waals surface area contributed by atoms with E-state index in [0.29, 0.717) is 5.56 Å². The lowest BCUT2D eigenvalue weighted by molar-refractivity contribution is -0.137. The Kier molecular flexibility index (Phi) is 5.10. The summed E-state index contributed by atoms with van der Waals surface area (Å²) in [6.07, 6.45) is -5.05. The van der Waals surface area contributed by atoms with Crippen LogP contribution in [0.4, 0.5) is 17.6 Å². The zero-order chi connectivity index (χ0) is 13.8. The molecule has 2 N–H and O–H groups in total. The molecule has 0 aliphatic heterocycles. The first kappa shape index (κ1) is 14.9. The minimum atomic E-state index is -4.17. The molecular weight excluding hydrogens is 248 g/mol. The van der Waals surface area contributed by atoms with E-state index in [1.54, 1.807) is 13.1 Å². The van der Waals surface area contributed by atoms with Crippen LogP contribution in [0.5, 0.6) is 0 Å². The van der Waals surface area contributed by atoms with Gasteiger partial charge in [0.2, 0.25) is 0 Å². The van der Waals surface area contributed by atoms with E-state index in [1.165, 1.54) is 17.0 Å². The molecule has 0 amide bonds. The summed E-state index contributed by atoms with van der Waals surface area (Å²) >= 11 is 0. The fourth-order valence-corrected chi connectivity index (χ4v) is 1.63. The molecule has 1 aromatic carbocycles. The van der Waals surface area contributed by atoms with Crippen LogP contribution in [0.3, 0.4) is 0 Å². The molecule has 102 valence electrons. The van der Waals surface area contributed by atoms with Crippen molar-refractivity contribution in [1.29, 1.82) is 0 Å². The Morgan fingerprint density at radius 1 is 1.22 bits per heavy atom. The summed E-state index contributed by atoms with van der Waals surface area (Å²) in [4.78, 5) is 1.50. The molecule has 0 aliphatic rings. The van der Waals surface area contributed by atoms with Crippen LogP contribution in [0, 0.1) is 5.82 Å².